The fraction of sp³-hybridized carbons (Fsp3) is 0.385. The first-order chi connectivity index (χ1) is 8.56. The molecule has 1 aromatic carbocycles. The summed E-state index contributed by atoms with van der Waals surface area (Å²) in [4.78, 5) is 23.2. The third kappa shape index (κ3) is 3.24. The number of carbonyl (C=O) groups is 2. The molecule has 18 heavy (non-hydrogen) atoms. The number of amides is 1. The topological polar surface area (TPSA) is 46.2 Å². The van der Waals surface area contributed by atoms with Gasteiger partial charge in [-0.1, -0.05) is 29.3 Å². The molecule has 0 saturated heterocycles. The molecule has 1 fully saturated rings. The van der Waals surface area contributed by atoms with Crippen LogP contribution >= 0.6 is 23.2 Å². The predicted octanol–water partition coefficient (Wildman–Crippen LogP) is 2.77. The zero-order valence-corrected chi connectivity index (χ0v) is 11.2. The van der Waals surface area contributed by atoms with E-state index in [9.17, 15) is 9.59 Å². The van der Waals surface area contributed by atoms with E-state index in [1.807, 2.05) is 0 Å². The Morgan fingerprint density at radius 3 is 2.72 bits per heavy atom. The Hall–Kier alpha value is -1.06. The highest BCUT2D eigenvalue weighted by Gasteiger charge is 2.25. The van der Waals surface area contributed by atoms with Crippen LogP contribution in [0, 0.1) is 0 Å². The van der Waals surface area contributed by atoms with Crippen molar-refractivity contribution < 1.29 is 9.59 Å². The second-order valence-corrected chi connectivity index (χ2v) is 5.22. The molecule has 1 unspecified atom stereocenters. The first-order valence-electron chi connectivity index (χ1n) is 5.82. The summed E-state index contributed by atoms with van der Waals surface area (Å²) in [7, 11) is 0. The Labute approximate surface area is 115 Å². The fourth-order valence-electron chi connectivity index (χ4n) is 2.05. The zero-order chi connectivity index (χ0) is 13.1. The van der Waals surface area contributed by atoms with Gasteiger partial charge in [0.25, 0.3) is 0 Å². The highest BCUT2D eigenvalue weighted by atomic mass is 35.5. The van der Waals surface area contributed by atoms with E-state index in [-0.39, 0.29) is 24.2 Å². The van der Waals surface area contributed by atoms with Crippen molar-refractivity contribution in [2.45, 2.75) is 31.7 Å². The molecule has 1 aliphatic carbocycles. The van der Waals surface area contributed by atoms with E-state index < -0.39 is 0 Å². The van der Waals surface area contributed by atoms with Crippen molar-refractivity contribution in [3.8, 4) is 0 Å². The van der Waals surface area contributed by atoms with E-state index in [1.54, 1.807) is 18.2 Å². The normalized spacial score (nSPS) is 19.0. The van der Waals surface area contributed by atoms with Crippen LogP contribution < -0.4 is 5.32 Å². The summed E-state index contributed by atoms with van der Waals surface area (Å²) in [6.45, 7) is 0. The molecule has 96 valence electrons. The number of rotatable bonds is 3. The van der Waals surface area contributed by atoms with Crippen molar-refractivity contribution in [3.63, 3.8) is 0 Å². The minimum atomic E-state index is -0.305. The van der Waals surface area contributed by atoms with Crippen LogP contribution in [0.5, 0.6) is 0 Å². The first kappa shape index (κ1) is 13.4. The maximum atomic E-state index is 11.8. The Bertz CT molecular complexity index is 488. The van der Waals surface area contributed by atoms with Gasteiger partial charge in [-0.05, 0) is 30.5 Å². The second-order valence-electron chi connectivity index (χ2n) is 4.40. The lowest BCUT2D eigenvalue weighted by molar-refractivity contribution is -0.126. The lowest BCUT2D eigenvalue weighted by Crippen LogP contribution is -2.38. The molecule has 3 nitrogen and oxygen atoms in total. The van der Waals surface area contributed by atoms with Gasteiger partial charge in [-0.25, -0.2) is 0 Å². The van der Waals surface area contributed by atoms with Gasteiger partial charge in [-0.3, -0.25) is 9.59 Å². The summed E-state index contributed by atoms with van der Waals surface area (Å²) in [6, 6.07) is 4.78. The number of hydrogen-bond donors (Lipinski definition) is 1. The molecule has 0 heterocycles. The molecule has 0 radical (unpaired) electrons. The molecule has 1 atom stereocenters. The van der Waals surface area contributed by atoms with E-state index in [0.717, 1.165) is 18.4 Å². The van der Waals surface area contributed by atoms with E-state index >= 15 is 0 Å². The minimum Gasteiger partial charge on any atom is -0.346 e. The monoisotopic (exact) mass is 285 g/mol. The van der Waals surface area contributed by atoms with Crippen molar-refractivity contribution >= 4 is 34.9 Å². The van der Waals surface area contributed by atoms with Crippen molar-refractivity contribution in [3.05, 3.63) is 33.8 Å². The number of nitrogens with one attached hydrogen (secondary N) is 1. The molecule has 1 saturated carbocycles. The minimum absolute atomic E-state index is 0.123. The van der Waals surface area contributed by atoms with Gasteiger partial charge in [0, 0.05) is 6.42 Å². The summed E-state index contributed by atoms with van der Waals surface area (Å²) in [5.74, 6) is -0.0360. The van der Waals surface area contributed by atoms with Crippen molar-refractivity contribution in [2.75, 3.05) is 0 Å². The number of halogens is 2. The van der Waals surface area contributed by atoms with Crippen LogP contribution in [-0.2, 0) is 16.0 Å². The van der Waals surface area contributed by atoms with Gasteiger partial charge in [0.1, 0.15) is 0 Å². The summed E-state index contributed by atoms with van der Waals surface area (Å²) >= 11 is 11.7. The molecule has 1 amide bonds. The predicted molar refractivity (Wildman–Crippen MR) is 71.0 cm³/mol. The number of benzene rings is 1. The van der Waals surface area contributed by atoms with E-state index in [0.29, 0.717) is 16.5 Å². The Morgan fingerprint density at radius 2 is 2.11 bits per heavy atom. The number of Topliss-reactive ketones (excluding diaryl/α,β-unsaturated/α-hetero) is 1. The second kappa shape index (κ2) is 5.72. The van der Waals surface area contributed by atoms with Crippen LogP contribution in [0.4, 0.5) is 0 Å². The van der Waals surface area contributed by atoms with E-state index in [1.165, 1.54) is 0 Å². The zero-order valence-electron chi connectivity index (χ0n) is 9.71. The molecule has 1 aliphatic rings. The van der Waals surface area contributed by atoms with Crippen LogP contribution in [0.2, 0.25) is 10.0 Å². The van der Waals surface area contributed by atoms with Gasteiger partial charge in [-0.15, -0.1) is 0 Å². The average Bonchev–Trinajstić information content (AvgIpc) is 2.70. The number of ketones is 1. The maximum Gasteiger partial charge on any atom is 0.225 e. The Kier molecular flexibility index (Phi) is 4.25. The summed E-state index contributed by atoms with van der Waals surface area (Å²) in [6.07, 6.45) is 2.38. The van der Waals surface area contributed by atoms with Crippen LogP contribution in [0.15, 0.2) is 18.2 Å². The lowest BCUT2D eigenvalue weighted by atomic mass is 10.1. The molecule has 0 aromatic heterocycles. The summed E-state index contributed by atoms with van der Waals surface area (Å²) < 4.78 is 0. The van der Waals surface area contributed by atoms with Gasteiger partial charge < -0.3 is 5.32 Å². The molecule has 0 spiro atoms. The van der Waals surface area contributed by atoms with E-state index in [2.05, 4.69) is 5.32 Å². The molecule has 0 bridgehead atoms. The Morgan fingerprint density at radius 1 is 1.33 bits per heavy atom. The molecule has 1 aromatic rings. The van der Waals surface area contributed by atoms with Gasteiger partial charge in [-0.2, -0.15) is 0 Å². The molecule has 2 rings (SSSR count). The average molecular weight is 286 g/mol. The smallest absolute Gasteiger partial charge is 0.225 e. The van der Waals surface area contributed by atoms with E-state index in [4.69, 9.17) is 23.2 Å². The van der Waals surface area contributed by atoms with Crippen LogP contribution in [-0.4, -0.2) is 17.7 Å². The molecule has 1 N–H and O–H groups in total. The number of carbonyl (C=O) groups excluding carboxylic acids is 2. The number of hydrogen-bond acceptors (Lipinski definition) is 2. The first-order valence-corrected chi connectivity index (χ1v) is 6.58. The van der Waals surface area contributed by atoms with Crippen LogP contribution in [0.25, 0.3) is 0 Å². The third-order valence-corrected chi connectivity index (χ3v) is 3.73. The van der Waals surface area contributed by atoms with Gasteiger partial charge >= 0.3 is 0 Å². The standard InChI is InChI=1S/C13H13Cl2NO2/c14-9-5-4-8(6-10(9)15)7-13(18)16-11-2-1-3-12(11)17/h4-6,11H,1-3,7H2,(H,16,18). The molecule has 0 aliphatic heterocycles. The lowest BCUT2D eigenvalue weighted by Gasteiger charge is -2.11. The van der Waals surface area contributed by atoms with Gasteiger partial charge in [0.05, 0.1) is 22.5 Å². The molecular formula is C13H13Cl2NO2. The highest BCUT2D eigenvalue weighted by Crippen LogP contribution is 2.23. The SMILES string of the molecule is O=C(Cc1ccc(Cl)c(Cl)c1)NC1CCCC1=O. The molecular weight excluding hydrogens is 273 g/mol. The molecule has 5 heteroatoms. The van der Waals surface area contributed by atoms with Crippen molar-refractivity contribution in [1.82, 2.24) is 5.32 Å². The van der Waals surface area contributed by atoms with Crippen molar-refractivity contribution in [2.24, 2.45) is 0 Å². The highest BCUT2D eigenvalue weighted by molar-refractivity contribution is 6.42. The largest absolute Gasteiger partial charge is 0.346 e. The maximum absolute atomic E-state index is 11.8. The van der Waals surface area contributed by atoms with Crippen molar-refractivity contribution in [1.29, 1.82) is 0 Å². The van der Waals surface area contributed by atoms with Gasteiger partial charge in [0.2, 0.25) is 5.91 Å². The fourth-order valence-corrected chi connectivity index (χ4v) is 2.37. The third-order valence-electron chi connectivity index (χ3n) is 2.99. The van der Waals surface area contributed by atoms with Crippen LogP contribution in [0.3, 0.4) is 0 Å². The van der Waals surface area contributed by atoms with Gasteiger partial charge in [0.15, 0.2) is 5.78 Å². The van der Waals surface area contributed by atoms with Crippen LogP contribution in [0.1, 0.15) is 24.8 Å². The Balaban J connectivity index is 1.94. The summed E-state index contributed by atoms with van der Waals surface area (Å²) in [5, 5.41) is 3.64. The quantitative estimate of drug-likeness (QED) is 0.928. The summed E-state index contributed by atoms with van der Waals surface area (Å²) in [5.41, 5.74) is 0.785.